The molecule has 0 aliphatic carbocycles. The Labute approximate surface area is 101 Å². The number of rotatable bonds is 2. The van der Waals surface area contributed by atoms with E-state index in [2.05, 4.69) is 10.4 Å². The van der Waals surface area contributed by atoms with Crippen LogP contribution in [0.5, 0.6) is 0 Å². The Morgan fingerprint density at radius 3 is 3.18 bits per heavy atom. The summed E-state index contributed by atoms with van der Waals surface area (Å²) in [6.45, 7) is 2.39. The quantitative estimate of drug-likeness (QED) is 0.839. The average Bonchev–Trinajstić information content (AvgIpc) is 2.89. The summed E-state index contributed by atoms with van der Waals surface area (Å²) in [6.07, 6.45) is 5.03. The first-order chi connectivity index (χ1) is 8.26. The van der Waals surface area contributed by atoms with Crippen molar-refractivity contribution in [1.82, 2.24) is 9.78 Å². The molecule has 1 aromatic rings. The van der Waals surface area contributed by atoms with E-state index >= 15 is 0 Å². The molecule has 0 amide bonds. The Morgan fingerprint density at radius 2 is 2.47 bits per heavy atom. The van der Waals surface area contributed by atoms with Gasteiger partial charge in [0.1, 0.15) is 5.82 Å². The average molecular weight is 237 g/mol. The SMILES string of the molecule is Cn1ccc(NC2CCOC3(CCOC3)C2)n1. The van der Waals surface area contributed by atoms with Crippen LogP contribution < -0.4 is 5.32 Å². The van der Waals surface area contributed by atoms with Crippen molar-refractivity contribution >= 4 is 5.82 Å². The van der Waals surface area contributed by atoms with E-state index in [-0.39, 0.29) is 5.60 Å². The largest absolute Gasteiger partial charge is 0.378 e. The van der Waals surface area contributed by atoms with Gasteiger partial charge in [0.05, 0.1) is 12.2 Å². The van der Waals surface area contributed by atoms with Crippen LogP contribution in [0.25, 0.3) is 0 Å². The van der Waals surface area contributed by atoms with Crippen molar-refractivity contribution < 1.29 is 9.47 Å². The standard InChI is InChI=1S/C12H19N3O2/c1-15-5-2-11(14-15)13-10-3-6-17-12(8-10)4-7-16-9-12/h2,5,10H,3-4,6-9H2,1H3,(H,13,14). The number of anilines is 1. The summed E-state index contributed by atoms with van der Waals surface area (Å²) in [5, 5.41) is 7.84. The van der Waals surface area contributed by atoms with Crippen LogP contribution >= 0.6 is 0 Å². The highest BCUT2D eigenvalue weighted by Crippen LogP contribution is 2.33. The molecule has 94 valence electrons. The molecule has 2 atom stereocenters. The monoisotopic (exact) mass is 237 g/mol. The number of ether oxygens (including phenoxy) is 2. The van der Waals surface area contributed by atoms with E-state index in [4.69, 9.17) is 9.47 Å². The summed E-state index contributed by atoms with van der Waals surface area (Å²) in [5.41, 5.74) is -0.0370. The fourth-order valence-electron chi connectivity index (χ4n) is 2.72. The molecule has 0 aromatic carbocycles. The van der Waals surface area contributed by atoms with Crippen molar-refractivity contribution in [3.63, 3.8) is 0 Å². The van der Waals surface area contributed by atoms with E-state index in [0.717, 1.165) is 44.9 Å². The van der Waals surface area contributed by atoms with Gasteiger partial charge >= 0.3 is 0 Å². The van der Waals surface area contributed by atoms with Gasteiger partial charge in [0.15, 0.2) is 0 Å². The normalized spacial score (nSPS) is 33.1. The molecule has 1 aromatic heterocycles. The predicted octanol–water partition coefficient (Wildman–Crippen LogP) is 1.17. The summed E-state index contributed by atoms with van der Waals surface area (Å²) in [5.74, 6) is 0.952. The Hall–Kier alpha value is -1.07. The van der Waals surface area contributed by atoms with Gasteiger partial charge in [-0.05, 0) is 12.8 Å². The number of nitrogens with zero attached hydrogens (tertiary/aromatic N) is 2. The molecule has 0 saturated carbocycles. The van der Waals surface area contributed by atoms with Crippen molar-refractivity contribution in [3.05, 3.63) is 12.3 Å². The van der Waals surface area contributed by atoms with Gasteiger partial charge in [0, 0.05) is 45.0 Å². The van der Waals surface area contributed by atoms with Gasteiger partial charge in [-0.3, -0.25) is 4.68 Å². The zero-order valence-corrected chi connectivity index (χ0v) is 10.2. The second kappa shape index (κ2) is 4.31. The third kappa shape index (κ3) is 2.30. The van der Waals surface area contributed by atoms with Crippen molar-refractivity contribution in [2.45, 2.75) is 30.9 Å². The van der Waals surface area contributed by atoms with Crippen molar-refractivity contribution in [1.29, 1.82) is 0 Å². The minimum Gasteiger partial charge on any atom is -0.378 e. The topological polar surface area (TPSA) is 48.3 Å². The third-order valence-corrected chi connectivity index (χ3v) is 3.63. The molecule has 2 aliphatic heterocycles. The molecule has 17 heavy (non-hydrogen) atoms. The Morgan fingerprint density at radius 1 is 1.53 bits per heavy atom. The molecule has 2 fully saturated rings. The maximum Gasteiger partial charge on any atom is 0.148 e. The Bertz CT molecular complexity index is 385. The number of hydrogen-bond acceptors (Lipinski definition) is 4. The van der Waals surface area contributed by atoms with Gasteiger partial charge in [-0.1, -0.05) is 0 Å². The van der Waals surface area contributed by atoms with Crippen LogP contribution in [-0.2, 0) is 16.5 Å². The lowest BCUT2D eigenvalue weighted by atomic mass is 9.90. The van der Waals surface area contributed by atoms with Crippen LogP contribution in [0.4, 0.5) is 5.82 Å². The molecule has 2 aliphatic rings. The molecule has 0 radical (unpaired) electrons. The highest BCUT2D eigenvalue weighted by Gasteiger charge is 2.41. The zero-order chi connectivity index (χ0) is 11.7. The maximum absolute atomic E-state index is 5.91. The van der Waals surface area contributed by atoms with Gasteiger partial charge in [0.25, 0.3) is 0 Å². The van der Waals surface area contributed by atoms with E-state index in [0.29, 0.717) is 6.04 Å². The minimum atomic E-state index is -0.0370. The molecule has 5 nitrogen and oxygen atoms in total. The number of nitrogens with one attached hydrogen (secondary N) is 1. The van der Waals surface area contributed by atoms with Gasteiger partial charge in [0.2, 0.25) is 0 Å². The summed E-state index contributed by atoms with van der Waals surface area (Å²) >= 11 is 0. The van der Waals surface area contributed by atoms with Crippen LogP contribution in [0.15, 0.2) is 12.3 Å². The molecular weight excluding hydrogens is 218 g/mol. The van der Waals surface area contributed by atoms with Crippen LogP contribution in [0.1, 0.15) is 19.3 Å². The fourth-order valence-corrected chi connectivity index (χ4v) is 2.72. The maximum atomic E-state index is 5.91. The third-order valence-electron chi connectivity index (χ3n) is 3.63. The minimum absolute atomic E-state index is 0.0370. The molecule has 5 heteroatoms. The lowest BCUT2D eigenvalue weighted by molar-refractivity contribution is -0.0829. The summed E-state index contributed by atoms with van der Waals surface area (Å²) < 4.78 is 13.2. The number of hydrogen-bond donors (Lipinski definition) is 1. The van der Waals surface area contributed by atoms with Crippen molar-refractivity contribution in [3.8, 4) is 0 Å². The van der Waals surface area contributed by atoms with E-state index in [1.165, 1.54) is 0 Å². The van der Waals surface area contributed by atoms with E-state index in [9.17, 15) is 0 Å². The van der Waals surface area contributed by atoms with Crippen LogP contribution in [-0.4, -0.2) is 41.2 Å². The molecule has 2 unspecified atom stereocenters. The van der Waals surface area contributed by atoms with Crippen LogP contribution in [0.3, 0.4) is 0 Å². The molecule has 1 spiro atoms. The van der Waals surface area contributed by atoms with Crippen LogP contribution in [0.2, 0.25) is 0 Å². The van der Waals surface area contributed by atoms with Gasteiger partial charge in [-0.2, -0.15) is 5.10 Å². The van der Waals surface area contributed by atoms with Gasteiger partial charge < -0.3 is 14.8 Å². The number of aromatic nitrogens is 2. The fraction of sp³-hybridized carbons (Fsp3) is 0.750. The first-order valence-corrected chi connectivity index (χ1v) is 6.24. The molecular formula is C12H19N3O2. The van der Waals surface area contributed by atoms with E-state index < -0.39 is 0 Å². The second-order valence-electron chi connectivity index (χ2n) is 5.04. The van der Waals surface area contributed by atoms with Crippen molar-refractivity contribution in [2.75, 3.05) is 25.1 Å². The lowest BCUT2D eigenvalue weighted by Gasteiger charge is -2.37. The van der Waals surface area contributed by atoms with Gasteiger partial charge in [-0.15, -0.1) is 0 Å². The molecule has 0 bridgehead atoms. The highest BCUT2D eigenvalue weighted by molar-refractivity contribution is 5.33. The first-order valence-electron chi connectivity index (χ1n) is 6.24. The van der Waals surface area contributed by atoms with E-state index in [1.807, 2.05) is 24.0 Å². The Balaban J connectivity index is 1.64. The Kier molecular flexibility index (Phi) is 2.80. The molecule has 3 rings (SSSR count). The van der Waals surface area contributed by atoms with Crippen molar-refractivity contribution in [2.24, 2.45) is 7.05 Å². The summed E-state index contributed by atoms with van der Waals surface area (Å²) in [4.78, 5) is 0. The summed E-state index contributed by atoms with van der Waals surface area (Å²) in [7, 11) is 1.93. The summed E-state index contributed by atoms with van der Waals surface area (Å²) in [6, 6.07) is 2.45. The first kappa shape index (κ1) is 11.0. The molecule has 1 N–H and O–H groups in total. The van der Waals surface area contributed by atoms with Gasteiger partial charge in [-0.25, -0.2) is 0 Å². The van der Waals surface area contributed by atoms with Crippen LogP contribution in [0, 0.1) is 0 Å². The second-order valence-corrected chi connectivity index (χ2v) is 5.04. The molecule has 2 saturated heterocycles. The lowest BCUT2D eigenvalue weighted by Crippen LogP contribution is -2.45. The number of aryl methyl sites for hydroxylation is 1. The highest BCUT2D eigenvalue weighted by atomic mass is 16.6. The van der Waals surface area contributed by atoms with E-state index in [1.54, 1.807) is 0 Å². The zero-order valence-electron chi connectivity index (χ0n) is 10.2. The smallest absolute Gasteiger partial charge is 0.148 e. The predicted molar refractivity (Wildman–Crippen MR) is 64.0 cm³/mol. The molecule has 3 heterocycles.